The lowest BCUT2D eigenvalue weighted by atomic mass is 9.97. The Morgan fingerprint density at radius 2 is 1.59 bits per heavy atom. The molecule has 0 fully saturated rings. The molecule has 4 heteroatoms. The highest BCUT2D eigenvalue weighted by Crippen LogP contribution is 2.38. The molecule has 0 radical (unpaired) electrons. The van der Waals surface area contributed by atoms with E-state index in [2.05, 4.69) is 6.58 Å². The van der Waals surface area contributed by atoms with E-state index in [1.165, 1.54) is 0 Å². The molecule has 0 bridgehead atoms. The molecule has 0 unspecified atom stereocenters. The van der Waals surface area contributed by atoms with Gasteiger partial charge in [-0.25, -0.2) is 0 Å². The van der Waals surface area contributed by atoms with Gasteiger partial charge in [-0.2, -0.15) is 0 Å². The van der Waals surface area contributed by atoms with Crippen molar-refractivity contribution in [2.45, 2.75) is 6.92 Å². The van der Waals surface area contributed by atoms with E-state index < -0.39 is 0 Å². The van der Waals surface area contributed by atoms with Crippen LogP contribution in [-0.2, 0) is 0 Å². The van der Waals surface area contributed by atoms with Crippen LogP contribution >= 0.6 is 0 Å². The maximum absolute atomic E-state index is 5.42. The Hall–Kier alpha value is -2.62. The molecule has 1 aliphatic rings. The SMILES string of the molecule is C=C(c1ccc2c(c1)OCO2)c1cc(OC)c(C)c(OC)c1. The van der Waals surface area contributed by atoms with Gasteiger partial charge in [0.25, 0.3) is 0 Å². The van der Waals surface area contributed by atoms with Crippen LogP contribution in [0, 0.1) is 6.92 Å². The summed E-state index contributed by atoms with van der Waals surface area (Å²) in [5.74, 6) is 3.05. The largest absolute Gasteiger partial charge is 0.496 e. The summed E-state index contributed by atoms with van der Waals surface area (Å²) in [7, 11) is 3.30. The van der Waals surface area contributed by atoms with Crippen molar-refractivity contribution in [1.29, 1.82) is 0 Å². The average Bonchev–Trinajstić information content (AvgIpc) is 3.02. The third-order valence-corrected chi connectivity index (χ3v) is 3.82. The van der Waals surface area contributed by atoms with Gasteiger partial charge in [0.2, 0.25) is 6.79 Å². The van der Waals surface area contributed by atoms with Crippen LogP contribution in [-0.4, -0.2) is 21.0 Å². The van der Waals surface area contributed by atoms with Crippen LogP contribution in [0.5, 0.6) is 23.0 Å². The zero-order valence-electron chi connectivity index (χ0n) is 12.9. The summed E-state index contributed by atoms with van der Waals surface area (Å²) in [5, 5.41) is 0. The Morgan fingerprint density at radius 1 is 0.955 bits per heavy atom. The van der Waals surface area contributed by atoms with Crippen LogP contribution in [0.2, 0.25) is 0 Å². The molecular formula is C18H18O4. The Morgan fingerprint density at radius 3 is 2.23 bits per heavy atom. The molecule has 114 valence electrons. The predicted octanol–water partition coefficient (Wildman–Crippen LogP) is 3.80. The van der Waals surface area contributed by atoms with Gasteiger partial charge in [-0.3, -0.25) is 0 Å². The molecule has 0 atom stereocenters. The lowest BCUT2D eigenvalue weighted by Gasteiger charge is -2.14. The number of ether oxygens (including phenoxy) is 4. The van der Waals surface area contributed by atoms with Crippen molar-refractivity contribution in [3.63, 3.8) is 0 Å². The fourth-order valence-corrected chi connectivity index (χ4v) is 2.51. The first-order valence-electron chi connectivity index (χ1n) is 6.96. The van der Waals surface area contributed by atoms with Gasteiger partial charge in [-0.05, 0) is 47.9 Å². The van der Waals surface area contributed by atoms with Gasteiger partial charge in [-0.15, -0.1) is 0 Å². The van der Waals surface area contributed by atoms with Gasteiger partial charge in [-0.1, -0.05) is 12.6 Å². The van der Waals surface area contributed by atoms with E-state index in [9.17, 15) is 0 Å². The minimum atomic E-state index is 0.261. The van der Waals surface area contributed by atoms with Crippen molar-refractivity contribution in [3.05, 3.63) is 53.6 Å². The standard InChI is InChI=1S/C18H18O4/c1-11(13-5-6-15-18(7-13)22-10-21-15)14-8-16(19-3)12(2)17(9-14)20-4/h5-9H,1,10H2,2-4H3. The van der Waals surface area contributed by atoms with Crippen molar-refractivity contribution in [1.82, 2.24) is 0 Å². The second-order valence-corrected chi connectivity index (χ2v) is 5.05. The van der Waals surface area contributed by atoms with Gasteiger partial charge in [0.15, 0.2) is 11.5 Å². The van der Waals surface area contributed by atoms with Crippen LogP contribution < -0.4 is 18.9 Å². The van der Waals surface area contributed by atoms with Crippen molar-refractivity contribution >= 4 is 5.57 Å². The number of hydrogen-bond donors (Lipinski definition) is 0. The number of benzene rings is 2. The summed E-state index contributed by atoms with van der Waals surface area (Å²) in [6.45, 7) is 6.42. The maximum atomic E-state index is 5.42. The van der Waals surface area contributed by atoms with Gasteiger partial charge < -0.3 is 18.9 Å². The van der Waals surface area contributed by atoms with E-state index in [-0.39, 0.29) is 6.79 Å². The Kier molecular flexibility index (Phi) is 3.67. The molecule has 0 aromatic heterocycles. The van der Waals surface area contributed by atoms with Crippen LogP contribution in [0.25, 0.3) is 5.57 Å². The van der Waals surface area contributed by atoms with E-state index >= 15 is 0 Å². The summed E-state index contributed by atoms with van der Waals surface area (Å²) in [5.41, 5.74) is 3.75. The van der Waals surface area contributed by atoms with E-state index in [4.69, 9.17) is 18.9 Å². The third-order valence-electron chi connectivity index (χ3n) is 3.82. The molecule has 0 saturated carbocycles. The summed E-state index contributed by atoms with van der Waals surface area (Å²) in [6, 6.07) is 9.72. The van der Waals surface area contributed by atoms with Crippen molar-refractivity contribution in [2.24, 2.45) is 0 Å². The first-order chi connectivity index (χ1) is 10.6. The monoisotopic (exact) mass is 298 g/mol. The average molecular weight is 298 g/mol. The Balaban J connectivity index is 2.01. The second-order valence-electron chi connectivity index (χ2n) is 5.05. The highest BCUT2D eigenvalue weighted by Gasteiger charge is 2.16. The lowest BCUT2D eigenvalue weighted by molar-refractivity contribution is 0.174. The van der Waals surface area contributed by atoms with E-state index in [0.29, 0.717) is 0 Å². The van der Waals surface area contributed by atoms with Gasteiger partial charge >= 0.3 is 0 Å². The zero-order chi connectivity index (χ0) is 15.7. The van der Waals surface area contributed by atoms with Crippen molar-refractivity contribution in [2.75, 3.05) is 21.0 Å². The summed E-state index contributed by atoms with van der Waals surface area (Å²) < 4.78 is 21.6. The van der Waals surface area contributed by atoms with E-state index in [1.54, 1.807) is 14.2 Å². The van der Waals surface area contributed by atoms with E-state index in [1.807, 2.05) is 37.3 Å². The molecule has 0 spiro atoms. The number of rotatable bonds is 4. The minimum Gasteiger partial charge on any atom is -0.496 e. The highest BCUT2D eigenvalue weighted by atomic mass is 16.7. The number of methoxy groups -OCH3 is 2. The first-order valence-corrected chi connectivity index (χ1v) is 6.96. The molecule has 22 heavy (non-hydrogen) atoms. The molecule has 0 aliphatic carbocycles. The number of fused-ring (bicyclic) bond motifs is 1. The molecule has 0 saturated heterocycles. The quantitative estimate of drug-likeness (QED) is 0.860. The summed E-state index contributed by atoms with van der Waals surface area (Å²) in [6.07, 6.45) is 0. The molecule has 4 nitrogen and oxygen atoms in total. The Bertz CT molecular complexity index is 709. The molecule has 1 heterocycles. The molecule has 0 amide bonds. The normalized spacial score (nSPS) is 12.1. The molecule has 1 aliphatic heterocycles. The van der Waals surface area contributed by atoms with Gasteiger partial charge in [0.05, 0.1) is 14.2 Å². The zero-order valence-corrected chi connectivity index (χ0v) is 12.9. The third kappa shape index (κ3) is 2.37. The second kappa shape index (κ2) is 5.64. The van der Waals surface area contributed by atoms with Crippen molar-refractivity contribution < 1.29 is 18.9 Å². The van der Waals surface area contributed by atoms with Crippen LogP contribution in [0.15, 0.2) is 36.9 Å². The Labute approximate surface area is 129 Å². The van der Waals surface area contributed by atoms with Crippen LogP contribution in [0.1, 0.15) is 16.7 Å². The molecular weight excluding hydrogens is 280 g/mol. The van der Waals surface area contributed by atoms with Crippen LogP contribution in [0.3, 0.4) is 0 Å². The molecule has 2 aromatic rings. The van der Waals surface area contributed by atoms with E-state index in [0.717, 1.165) is 45.3 Å². The predicted molar refractivity (Wildman–Crippen MR) is 85.0 cm³/mol. The highest BCUT2D eigenvalue weighted by molar-refractivity contribution is 5.81. The topological polar surface area (TPSA) is 36.9 Å². The van der Waals surface area contributed by atoms with Gasteiger partial charge in [0.1, 0.15) is 11.5 Å². The smallest absolute Gasteiger partial charge is 0.231 e. The fourth-order valence-electron chi connectivity index (χ4n) is 2.51. The lowest BCUT2D eigenvalue weighted by Crippen LogP contribution is -1.96. The summed E-state index contributed by atoms with van der Waals surface area (Å²) >= 11 is 0. The van der Waals surface area contributed by atoms with Gasteiger partial charge in [0, 0.05) is 5.56 Å². The minimum absolute atomic E-state index is 0.261. The molecule has 0 N–H and O–H groups in total. The number of hydrogen-bond acceptors (Lipinski definition) is 4. The first kappa shape index (κ1) is 14.3. The summed E-state index contributed by atoms with van der Waals surface area (Å²) in [4.78, 5) is 0. The van der Waals surface area contributed by atoms with Crippen molar-refractivity contribution in [3.8, 4) is 23.0 Å². The molecule has 2 aromatic carbocycles. The fraction of sp³-hybridized carbons (Fsp3) is 0.222. The van der Waals surface area contributed by atoms with Crippen LogP contribution in [0.4, 0.5) is 0 Å². The molecule has 3 rings (SSSR count). The maximum Gasteiger partial charge on any atom is 0.231 e.